The molecule has 0 unspecified atom stereocenters. The van der Waals surface area contributed by atoms with Crippen LogP contribution in [0.25, 0.3) is 0 Å². The highest BCUT2D eigenvalue weighted by Gasteiger charge is 2.08. The number of amides is 1. The monoisotopic (exact) mass is 301 g/mol. The van der Waals surface area contributed by atoms with Gasteiger partial charge in [0.1, 0.15) is 6.33 Å². The maximum absolute atomic E-state index is 11.8. The molecule has 0 bridgehead atoms. The number of aromatic nitrogens is 2. The predicted octanol–water partition coefficient (Wildman–Crippen LogP) is 1.80. The molecule has 0 fully saturated rings. The van der Waals surface area contributed by atoms with Crippen molar-refractivity contribution in [2.75, 3.05) is 13.7 Å². The summed E-state index contributed by atoms with van der Waals surface area (Å²) < 4.78 is 10.7. The van der Waals surface area contributed by atoms with Crippen molar-refractivity contribution >= 4 is 5.91 Å². The number of hydrogen-bond acceptors (Lipinski definition) is 5. The molecule has 0 aliphatic carbocycles. The first-order chi connectivity index (χ1) is 10.6. The predicted molar refractivity (Wildman–Crippen MR) is 81.8 cm³/mol. The second kappa shape index (κ2) is 7.40. The molecule has 1 heterocycles. The number of nitrogens with one attached hydrogen (secondary N) is 1. The third-order valence-electron chi connectivity index (χ3n) is 3.00. The van der Waals surface area contributed by atoms with Gasteiger partial charge in [-0.2, -0.15) is 0 Å². The van der Waals surface area contributed by atoms with Gasteiger partial charge in [-0.3, -0.25) is 4.79 Å². The number of carbonyl (C=O) groups excluding carboxylic acids is 1. The van der Waals surface area contributed by atoms with E-state index < -0.39 is 0 Å². The average molecular weight is 301 g/mol. The molecule has 2 aromatic rings. The zero-order valence-electron chi connectivity index (χ0n) is 12.9. The summed E-state index contributed by atoms with van der Waals surface area (Å²) in [6.07, 6.45) is 1.48. The van der Waals surface area contributed by atoms with Crippen LogP contribution < -0.4 is 14.8 Å². The quantitative estimate of drug-likeness (QED) is 0.880. The van der Waals surface area contributed by atoms with Crippen LogP contribution >= 0.6 is 0 Å². The van der Waals surface area contributed by atoms with Crippen LogP contribution in [0, 0.1) is 13.8 Å². The van der Waals surface area contributed by atoms with E-state index in [-0.39, 0.29) is 12.5 Å². The summed E-state index contributed by atoms with van der Waals surface area (Å²) >= 11 is 0. The van der Waals surface area contributed by atoms with Crippen LogP contribution in [0.5, 0.6) is 11.5 Å². The number of ether oxygens (including phenoxy) is 2. The van der Waals surface area contributed by atoms with Crippen LogP contribution in [0.3, 0.4) is 0 Å². The number of nitrogens with zero attached hydrogens (tertiary/aromatic N) is 2. The second-order valence-corrected chi connectivity index (χ2v) is 4.87. The number of hydrogen-bond donors (Lipinski definition) is 1. The summed E-state index contributed by atoms with van der Waals surface area (Å²) in [7, 11) is 1.57. The molecule has 0 radical (unpaired) electrons. The van der Waals surface area contributed by atoms with Crippen LogP contribution in [-0.2, 0) is 11.3 Å². The normalized spacial score (nSPS) is 10.1. The van der Waals surface area contributed by atoms with Crippen LogP contribution in [0.4, 0.5) is 0 Å². The Balaban J connectivity index is 1.85. The first-order valence-corrected chi connectivity index (χ1v) is 6.90. The zero-order valence-corrected chi connectivity index (χ0v) is 12.9. The maximum atomic E-state index is 11.8. The van der Waals surface area contributed by atoms with E-state index in [9.17, 15) is 4.79 Å². The van der Waals surface area contributed by atoms with Crippen LogP contribution in [0.15, 0.2) is 30.6 Å². The molecule has 22 heavy (non-hydrogen) atoms. The topological polar surface area (TPSA) is 73.3 Å². The lowest BCUT2D eigenvalue weighted by Gasteiger charge is -2.11. The van der Waals surface area contributed by atoms with Crippen molar-refractivity contribution in [3.05, 3.63) is 47.5 Å². The third kappa shape index (κ3) is 4.44. The van der Waals surface area contributed by atoms with Crippen molar-refractivity contribution < 1.29 is 14.3 Å². The first-order valence-electron chi connectivity index (χ1n) is 6.90. The minimum Gasteiger partial charge on any atom is -0.493 e. The van der Waals surface area contributed by atoms with Gasteiger partial charge in [0.25, 0.3) is 5.91 Å². The van der Waals surface area contributed by atoms with Crippen LogP contribution in [-0.4, -0.2) is 29.6 Å². The highest BCUT2D eigenvalue weighted by atomic mass is 16.5. The largest absolute Gasteiger partial charge is 0.493 e. The van der Waals surface area contributed by atoms with E-state index in [1.54, 1.807) is 13.2 Å². The van der Waals surface area contributed by atoms with Gasteiger partial charge in [0, 0.05) is 5.69 Å². The molecule has 1 aromatic carbocycles. The molecule has 6 heteroatoms. The van der Waals surface area contributed by atoms with Crippen LogP contribution in [0.1, 0.15) is 17.0 Å². The lowest BCUT2D eigenvalue weighted by atomic mass is 10.2. The summed E-state index contributed by atoms with van der Waals surface area (Å²) in [6, 6.07) is 7.37. The Morgan fingerprint density at radius 2 is 2.00 bits per heavy atom. The molecular weight excluding hydrogens is 282 g/mol. The average Bonchev–Trinajstić information content (AvgIpc) is 2.51. The SMILES string of the molecule is COc1cc(C)ccc1OCC(=O)NCc1cc(C)ncn1. The van der Waals surface area contributed by atoms with Gasteiger partial charge < -0.3 is 14.8 Å². The van der Waals surface area contributed by atoms with E-state index in [2.05, 4.69) is 15.3 Å². The third-order valence-corrected chi connectivity index (χ3v) is 3.00. The van der Waals surface area contributed by atoms with Gasteiger partial charge >= 0.3 is 0 Å². The van der Waals surface area contributed by atoms with Crippen molar-refractivity contribution in [2.24, 2.45) is 0 Å². The molecule has 0 saturated carbocycles. The van der Waals surface area contributed by atoms with E-state index >= 15 is 0 Å². The van der Waals surface area contributed by atoms with Gasteiger partial charge in [0.15, 0.2) is 18.1 Å². The molecule has 0 aliphatic heterocycles. The van der Waals surface area contributed by atoms with Crippen molar-refractivity contribution in [1.29, 1.82) is 0 Å². The van der Waals surface area contributed by atoms with Gasteiger partial charge in [-0.05, 0) is 37.6 Å². The molecule has 1 N–H and O–H groups in total. The fourth-order valence-corrected chi connectivity index (χ4v) is 1.88. The minimum absolute atomic E-state index is 0.0799. The molecule has 2 rings (SSSR count). The first kappa shape index (κ1) is 15.8. The minimum atomic E-state index is -0.223. The molecule has 1 amide bonds. The van der Waals surface area contributed by atoms with E-state index in [0.717, 1.165) is 17.0 Å². The fourth-order valence-electron chi connectivity index (χ4n) is 1.88. The van der Waals surface area contributed by atoms with E-state index in [1.165, 1.54) is 6.33 Å². The standard InChI is InChI=1S/C16H19N3O3/c1-11-4-5-14(15(6-11)21-3)22-9-16(20)17-8-13-7-12(2)18-10-19-13/h4-7,10H,8-9H2,1-3H3,(H,17,20). The summed E-state index contributed by atoms with van der Waals surface area (Å²) in [4.78, 5) is 19.9. The van der Waals surface area contributed by atoms with Gasteiger partial charge in [-0.1, -0.05) is 6.07 Å². The number of methoxy groups -OCH3 is 1. The van der Waals surface area contributed by atoms with Crippen molar-refractivity contribution in [3.63, 3.8) is 0 Å². The lowest BCUT2D eigenvalue weighted by molar-refractivity contribution is -0.123. The highest BCUT2D eigenvalue weighted by Crippen LogP contribution is 2.27. The van der Waals surface area contributed by atoms with Crippen molar-refractivity contribution in [1.82, 2.24) is 15.3 Å². The summed E-state index contributed by atoms with van der Waals surface area (Å²) in [6.45, 7) is 4.10. The van der Waals surface area contributed by atoms with Crippen molar-refractivity contribution in [3.8, 4) is 11.5 Å². The molecule has 0 atom stereocenters. The molecule has 0 spiro atoms. The maximum Gasteiger partial charge on any atom is 0.258 e. The van der Waals surface area contributed by atoms with E-state index in [1.807, 2.05) is 32.0 Å². The summed E-state index contributed by atoms with van der Waals surface area (Å²) in [5.74, 6) is 0.930. The Hall–Kier alpha value is -2.63. The van der Waals surface area contributed by atoms with Crippen molar-refractivity contribution in [2.45, 2.75) is 20.4 Å². The number of rotatable bonds is 6. The Bertz CT molecular complexity index is 659. The van der Waals surface area contributed by atoms with E-state index in [4.69, 9.17) is 9.47 Å². The lowest BCUT2D eigenvalue weighted by Crippen LogP contribution is -2.28. The number of benzene rings is 1. The smallest absolute Gasteiger partial charge is 0.258 e. The Labute approximate surface area is 129 Å². The van der Waals surface area contributed by atoms with Gasteiger partial charge in [0.2, 0.25) is 0 Å². The Kier molecular flexibility index (Phi) is 5.30. The molecule has 0 saturated heterocycles. The van der Waals surface area contributed by atoms with Gasteiger partial charge in [-0.15, -0.1) is 0 Å². The summed E-state index contributed by atoms with van der Waals surface area (Å²) in [5, 5.41) is 2.75. The van der Waals surface area contributed by atoms with Gasteiger partial charge in [-0.25, -0.2) is 9.97 Å². The fraction of sp³-hybridized carbons (Fsp3) is 0.312. The van der Waals surface area contributed by atoms with Crippen LogP contribution in [0.2, 0.25) is 0 Å². The number of carbonyl (C=O) groups is 1. The van der Waals surface area contributed by atoms with Gasteiger partial charge in [0.05, 0.1) is 19.3 Å². The molecule has 116 valence electrons. The zero-order chi connectivity index (χ0) is 15.9. The Morgan fingerprint density at radius 1 is 1.18 bits per heavy atom. The number of aryl methyl sites for hydroxylation is 2. The molecular formula is C16H19N3O3. The molecule has 0 aliphatic rings. The Morgan fingerprint density at radius 3 is 2.73 bits per heavy atom. The van der Waals surface area contributed by atoms with E-state index in [0.29, 0.717) is 18.0 Å². The second-order valence-electron chi connectivity index (χ2n) is 4.87. The highest BCUT2D eigenvalue weighted by molar-refractivity contribution is 5.77. The summed E-state index contributed by atoms with van der Waals surface area (Å²) in [5.41, 5.74) is 2.68. The molecule has 1 aromatic heterocycles. The molecule has 6 nitrogen and oxygen atoms in total.